The maximum Gasteiger partial charge on any atom is 0.303 e. The smallest absolute Gasteiger partial charge is 0.303 e. The molecule has 0 fully saturated rings. The molecule has 2 rings (SSSR count). The van der Waals surface area contributed by atoms with E-state index in [-0.39, 0.29) is 6.42 Å². The van der Waals surface area contributed by atoms with Crippen LogP contribution in [0.25, 0.3) is 10.2 Å². The highest BCUT2D eigenvalue weighted by molar-refractivity contribution is 7.18. The molecule has 0 amide bonds. The lowest BCUT2D eigenvalue weighted by Crippen LogP contribution is -2.20. The van der Waals surface area contributed by atoms with Crippen molar-refractivity contribution in [3.05, 3.63) is 17.3 Å². The normalized spacial score (nSPS) is 10.8. The highest BCUT2D eigenvalue weighted by Gasteiger charge is 2.11. The summed E-state index contributed by atoms with van der Waals surface area (Å²) in [6.45, 7) is 2.80. The number of anilines is 1. The van der Waals surface area contributed by atoms with Gasteiger partial charge in [0.1, 0.15) is 17.0 Å². The van der Waals surface area contributed by atoms with E-state index in [1.54, 1.807) is 17.7 Å². The van der Waals surface area contributed by atoms with Crippen LogP contribution in [0.5, 0.6) is 0 Å². The SMILES string of the molecule is CCc1cc2c(N(C)CCCC(=O)O)ncnc2s1. The van der Waals surface area contributed by atoms with Crippen molar-refractivity contribution >= 4 is 33.3 Å². The number of carbonyl (C=O) groups is 1. The van der Waals surface area contributed by atoms with Crippen molar-refractivity contribution in [1.82, 2.24) is 9.97 Å². The van der Waals surface area contributed by atoms with Gasteiger partial charge in [-0.05, 0) is 18.9 Å². The first-order valence-electron chi connectivity index (χ1n) is 6.28. The number of aromatic nitrogens is 2. The topological polar surface area (TPSA) is 66.3 Å². The highest BCUT2D eigenvalue weighted by atomic mass is 32.1. The summed E-state index contributed by atoms with van der Waals surface area (Å²) < 4.78 is 0. The second-order valence-electron chi connectivity index (χ2n) is 4.40. The molecule has 6 heteroatoms. The van der Waals surface area contributed by atoms with Gasteiger partial charge in [-0.25, -0.2) is 9.97 Å². The van der Waals surface area contributed by atoms with Crippen LogP contribution in [0.1, 0.15) is 24.6 Å². The number of nitrogens with zero attached hydrogens (tertiary/aromatic N) is 3. The van der Waals surface area contributed by atoms with E-state index >= 15 is 0 Å². The quantitative estimate of drug-likeness (QED) is 0.880. The molecule has 1 N–H and O–H groups in total. The lowest BCUT2D eigenvalue weighted by atomic mass is 10.2. The minimum atomic E-state index is -0.759. The van der Waals surface area contributed by atoms with Gasteiger partial charge in [0.15, 0.2) is 0 Å². The highest BCUT2D eigenvalue weighted by Crippen LogP contribution is 2.29. The molecule has 0 bridgehead atoms. The van der Waals surface area contributed by atoms with Gasteiger partial charge in [0.25, 0.3) is 0 Å². The van der Waals surface area contributed by atoms with Crippen molar-refractivity contribution in [2.45, 2.75) is 26.2 Å². The molecule has 0 aliphatic carbocycles. The molecular formula is C13H17N3O2S. The van der Waals surface area contributed by atoms with Crippen LogP contribution in [0.2, 0.25) is 0 Å². The van der Waals surface area contributed by atoms with Crippen molar-refractivity contribution in [3.8, 4) is 0 Å². The van der Waals surface area contributed by atoms with E-state index in [9.17, 15) is 4.79 Å². The first kappa shape index (κ1) is 13.7. The summed E-state index contributed by atoms with van der Waals surface area (Å²) in [5.41, 5.74) is 0. The van der Waals surface area contributed by atoms with Gasteiger partial charge in [0, 0.05) is 24.9 Å². The molecule has 5 nitrogen and oxygen atoms in total. The Morgan fingerprint density at radius 2 is 2.26 bits per heavy atom. The van der Waals surface area contributed by atoms with Crippen molar-refractivity contribution in [2.24, 2.45) is 0 Å². The number of aliphatic carboxylic acids is 1. The Labute approximate surface area is 115 Å². The van der Waals surface area contributed by atoms with Crippen LogP contribution in [-0.4, -0.2) is 34.6 Å². The predicted octanol–water partition coefficient (Wildman–Crippen LogP) is 2.55. The van der Waals surface area contributed by atoms with E-state index in [0.717, 1.165) is 22.5 Å². The Morgan fingerprint density at radius 1 is 1.47 bits per heavy atom. The van der Waals surface area contributed by atoms with Crippen LogP contribution in [0, 0.1) is 0 Å². The van der Waals surface area contributed by atoms with E-state index in [1.165, 1.54) is 4.88 Å². The zero-order valence-corrected chi connectivity index (χ0v) is 11.9. The van der Waals surface area contributed by atoms with Gasteiger partial charge in [0.05, 0.1) is 5.39 Å². The number of fused-ring (bicyclic) bond motifs is 1. The summed E-state index contributed by atoms with van der Waals surface area (Å²) >= 11 is 1.69. The van der Waals surface area contributed by atoms with Crippen LogP contribution in [0.3, 0.4) is 0 Å². The van der Waals surface area contributed by atoms with Crippen LogP contribution in [0.15, 0.2) is 12.4 Å². The average molecular weight is 279 g/mol. The number of hydrogen-bond acceptors (Lipinski definition) is 5. The van der Waals surface area contributed by atoms with E-state index < -0.39 is 5.97 Å². The van der Waals surface area contributed by atoms with Crippen LogP contribution >= 0.6 is 11.3 Å². The summed E-state index contributed by atoms with van der Waals surface area (Å²) in [4.78, 5) is 23.4. The van der Waals surface area contributed by atoms with Crippen molar-refractivity contribution in [1.29, 1.82) is 0 Å². The molecule has 0 unspecified atom stereocenters. The Kier molecular flexibility index (Phi) is 4.31. The second kappa shape index (κ2) is 5.97. The van der Waals surface area contributed by atoms with Crippen LogP contribution < -0.4 is 4.90 Å². The molecule has 0 aliphatic rings. The van der Waals surface area contributed by atoms with Crippen molar-refractivity contribution in [2.75, 3.05) is 18.5 Å². The molecular weight excluding hydrogens is 262 g/mol. The lowest BCUT2D eigenvalue weighted by molar-refractivity contribution is -0.137. The van der Waals surface area contributed by atoms with Crippen molar-refractivity contribution < 1.29 is 9.90 Å². The van der Waals surface area contributed by atoms with Gasteiger partial charge in [-0.1, -0.05) is 6.92 Å². The fraction of sp³-hybridized carbons (Fsp3) is 0.462. The van der Waals surface area contributed by atoms with Crippen LogP contribution in [0.4, 0.5) is 5.82 Å². The molecule has 2 heterocycles. The summed E-state index contributed by atoms with van der Waals surface area (Å²) in [6, 6.07) is 2.13. The van der Waals surface area contributed by atoms with Crippen molar-refractivity contribution in [3.63, 3.8) is 0 Å². The third kappa shape index (κ3) is 3.20. The molecule has 0 aromatic carbocycles. The fourth-order valence-electron chi connectivity index (χ4n) is 1.94. The summed E-state index contributed by atoms with van der Waals surface area (Å²) in [5.74, 6) is 0.122. The largest absolute Gasteiger partial charge is 0.481 e. The van der Waals surface area contributed by atoms with Gasteiger partial charge in [0.2, 0.25) is 0 Å². The number of aryl methyl sites for hydroxylation is 1. The molecule has 0 radical (unpaired) electrons. The molecule has 0 spiro atoms. The average Bonchev–Trinajstić information content (AvgIpc) is 2.80. The number of carboxylic acids is 1. The molecule has 0 saturated heterocycles. The molecule has 0 atom stereocenters. The van der Waals surface area contributed by atoms with Crippen LogP contribution in [-0.2, 0) is 11.2 Å². The molecule has 0 saturated carbocycles. The number of thiophene rings is 1. The number of carboxylic acid groups (broad SMARTS) is 1. The Hall–Kier alpha value is -1.69. The zero-order chi connectivity index (χ0) is 13.8. The first-order chi connectivity index (χ1) is 9.11. The minimum Gasteiger partial charge on any atom is -0.481 e. The zero-order valence-electron chi connectivity index (χ0n) is 11.1. The summed E-state index contributed by atoms with van der Waals surface area (Å²) in [6.07, 6.45) is 3.36. The molecule has 102 valence electrons. The molecule has 2 aromatic heterocycles. The number of hydrogen-bond donors (Lipinski definition) is 1. The third-order valence-electron chi connectivity index (χ3n) is 2.95. The maximum absolute atomic E-state index is 10.5. The van der Waals surface area contributed by atoms with E-state index in [4.69, 9.17) is 5.11 Å². The number of rotatable bonds is 6. The standard InChI is InChI=1S/C13H17N3O2S/c1-3-9-7-10-12(14-8-15-13(10)19-9)16(2)6-4-5-11(17)18/h7-8H,3-6H2,1-2H3,(H,17,18). The van der Waals surface area contributed by atoms with E-state index in [1.807, 2.05) is 11.9 Å². The minimum absolute atomic E-state index is 0.183. The lowest BCUT2D eigenvalue weighted by Gasteiger charge is -2.17. The third-order valence-corrected chi connectivity index (χ3v) is 4.14. The Morgan fingerprint density at radius 3 is 2.95 bits per heavy atom. The second-order valence-corrected chi connectivity index (χ2v) is 5.52. The Balaban J connectivity index is 2.18. The molecule has 19 heavy (non-hydrogen) atoms. The van der Waals surface area contributed by atoms with Gasteiger partial charge in [-0.15, -0.1) is 11.3 Å². The fourth-order valence-corrected chi connectivity index (χ4v) is 2.87. The van der Waals surface area contributed by atoms with Gasteiger partial charge in [-0.2, -0.15) is 0 Å². The van der Waals surface area contributed by atoms with E-state index in [2.05, 4.69) is 23.0 Å². The van der Waals surface area contributed by atoms with Gasteiger partial charge >= 0.3 is 5.97 Å². The maximum atomic E-state index is 10.5. The van der Waals surface area contributed by atoms with E-state index in [0.29, 0.717) is 13.0 Å². The van der Waals surface area contributed by atoms with Gasteiger partial charge < -0.3 is 10.0 Å². The summed E-state index contributed by atoms with van der Waals surface area (Å²) in [7, 11) is 1.94. The Bertz CT molecular complexity index is 582. The molecule has 2 aromatic rings. The first-order valence-corrected chi connectivity index (χ1v) is 7.09. The van der Waals surface area contributed by atoms with Gasteiger partial charge in [-0.3, -0.25) is 4.79 Å². The molecule has 0 aliphatic heterocycles. The predicted molar refractivity (Wildman–Crippen MR) is 76.9 cm³/mol. The summed E-state index contributed by atoms with van der Waals surface area (Å²) in [5, 5.41) is 9.72. The monoisotopic (exact) mass is 279 g/mol.